The van der Waals surface area contributed by atoms with Gasteiger partial charge in [0.05, 0.1) is 43.0 Å². The fraction of sp³-hybridized carbons (Fsp3) is 0.385. The van der Waals surface area contributed by atoms with Crippen LogP contribution < -0.4 is 19.7 Å². The van der Waals surface area contributed by atoms with Crippen LogP contribution in [0.2, 0.25) is 0 Å². The van der Waals surface area contributed by atoms with E-state index in [1.54, 1.807) is 30.3 Å². The van der Waals surface area contributed by atoms with E-state index >= 15 is 0 Å². The Labute approximate surface area is 202 Å². The van der Waals surface area contributed by atoms with Crippen LogP contribution >= 0.6 is 0 Å². The highest BCUT2D eigenvalue weighted by Crippen LogP contribution is 2.56. The summed E-state index contributed by atoms with van der Waals surface area (Å²) in [6.07, 6.45) is 2.94. The number of benzene rings is 2. The third-order valence-electron chi connectivity index (χ3n) is 7.28. The van der Waals surface area contributed by atoms with Crippen molar-refractivity contribution >= 4 is 35.1 Å². The first-order valence-corrected chi connectivity index (χ1v) is 11.6. The summed E-state index contributed by atoms with van der Waals surface area (Å²) in [4.78, 5) is 52.4. The number of nitrogens with one attached hydrogen (secondary N) is 1. The molecule has 0 spiro atoms. The maximum Gasteiger partial charge on any atom is 0.338 e. The SMILES string of the molecule is COc1ccc(OC)c(NC(=O)COC(=O)c2cccc(N3C(=O)[C@@H]4[C@H]5CC[C@@H](C5)[C@@H]4C3=O)c2)c1. The van der Waals surface area contributed by atoms with Crippen molar-refractivity contribution in [2.24, 2.45) is 23.7 Å². The van der Waals surface area contributed by atoms with Gasteiger partial charge >= 0.3 is 5.97 Å². The molecule has 3 amide bonds. The minimum Gasteiger partial charge on any atom is -0.497 e. The molecule has 35 heavy (non-hydrogen) atoms. The van der Waals surface area contributed by atoms with E-state index in [1.807, 2.05) is 0 Å². The van der Waals surface area contributed by atoms with Crippen LogP contribution in [0.15, 0.2) is 42.5 Å². The van der Waals surface area contributed by atoms with E-state index in [9.17, 15) is 19.2 Å². The number of methoxy groups -OCH3 is 2. The highest BCUT2D eigenvalue weighted by atomic mass is 16.5. The molecular weight excluding hydrogens is 452 g/mol. The summed E-state index contributed by atoms with van der Waals surface area (Å²) in [6, 6.07) is 11.1. The van der Waals surface area contributed by atoms with E-state index in [2.05, 4.69) is 5.32 Å². The second-order valence-electron chi connectivity index (χ2n) is 9.14. The summed E-state index contributed by atoms with van der Waals surface area (Å²) in [5.74, 6) is -0.623. The summed E-state index contributed by atoms with van der Waals surface area (Å²) in [6.45, 7) is -0.529. The maximum atomic E-state index is 13.1. The zero-order valence-electron chi connectivity index (χ0n) is 19.5. The van der Waals surface area contributed by atoms with Gasteiger partial charge in [0.1, 0.15) is 11.5 Å². The molecule has 2 aromatic carbocycles. The molecule has 0 aromatic heterocycles. The lowest BCUT2D eigenvalue weighted by Crippen LogP contribution is -2.32. The third-order valence-corrected chi connectivity index (χ3v) is 7.28. The van der Waals surface area contributed by atoms with Crippen molar-refractivity contribution in [2.45, 2.75) is 19.3 Å². The number of carbonyl (C=O) groups is 4. The van der Waals surface area contributed by atoms with E-state index < -0.39 is 18.5 Å². The minimum absolute atomic E-state index is 0.148. The topological polar surface area (TPSA) is 111 Å². The maximum absolute atomic E-state index is 13.1. The third kappa shape index (κ3) is 4.00. The van der Waals surface area contributed by atoms with Crippen molar-refractivity contribution in [2.75, 3.05) is 31.0 Å². The molecule has 2 aliphatic carbocycles. The van der Waals surface area contributed by atoms with Gasteiger partial charge in [-0.3, -0.25) is 19.3 Å². The van der Waals surface area contributed by atoms with Crippen LogP contribution in [-0.4, -0.2) is 44.5 Å². The van der Waals surface area contributed by atoms with Crippen molar-refractivity contribution in [3.63, 3.8) is 0 Å². The molecule has 3 fully saturated rings. The zero-order valence-corrected chi connectivity index (χ0v) is 19.5. The molecule has 1 saturated heterocycles. The fourth-order valence-electron chi connectivity index (χ4n) is 5.75. The van der Waals surface area contributed by atoms with Gasteiger partial charge in [0.15, 0.2) is 6.61 Å². The molecule has 9 heteroatoms. The lowest BCUT2D eigenvalue weighted by molar-refractivity contribution is -0.123. The summed E-state index contributed by atoms with van der Waals surface area (Å²) in [7, 11) is 2.97. The largest absolute Gasteiger partial charge is 0.497 e. The number of amides is 3. The molecule has 2 saturated carbocycles. The van der Waals surface area contributed by atoms with Gasteiger partial charge in [0, 0.05) is 6.07 Å². The number of hydrogen-bond acceptors (Lipinski definition) is 7. The number of hydrogen-bond donors (Lipinski definition) is 1. The van der Waals surface area contributed by atoms with Gasteiger partial charge in [0.2, 0.25) is 11.8 Å². The Morgan fingerprint density at radius 1 is 0.971 bits per heavy atom. The van der Waals surface area contributed by atoms with Crippen LogP contribution in [-0.2, 0) is 19.1 Å². The standard InChI is InChI=1S/C26H26N2O7/c1-33-18-8-9-20(34-2)19(12-18)27-21(29)13-35-26(32)16-4-3-5-17(11-16)28-24(30)22-14-6-7-15(10-14)23(22)25(28)31/h3-5,8-9,11-12,14-15,22-23H,6-7,10,13H2,1-2H3,(H,27,29)/t14-,15-,22-,23+/m0/s1. The minimum atomic E-state index is -0.737. The molecule has 4 atom stereocenters. The normalized spacial score (nSPS) is 24.3. The number of imide groups is 1. The second-order valence-corrected chi connectivity index (χ2v) is 9.14. The molecule has 5 rings (SSSR count). The van der Waals surface area contributed by atoms with E-state index in [-0.39, 0.29) is 41.0 Å². The second kappa shape index (κ2) is 9.05. The highest BCUT2D eigenvalue weighted by Gasteiger charge is 2.61. The van der Waals surface area contributed by atoms with E-state index in [1.165, 1.54) is 31.3 Å². The van der Waals surface area contributed by atoms with Crippen LogP contribution in [0.5, 0.6) is 11.5 Å². The Balaban J connectivity index is 1.24. The van der Waals surface area contributed by atoms with Crippen LogP contribution in [0.4, 0.5) is 11.4 Å². The predicted octanol–water partition coefficient (Wildman–Crippen LogP) is 3.03. The van der Waals surface area contributed by atoms with Crippen LogP contribution in [0, 0.1) is 23.7 Å². The number of nitrogens with zero attached hydrogens (tertiary/aromatic N) is 1. The summed E-state index contributed by atoms with van der Waals surface area (Å²) in [5, 5.41) is 2.63. The van der Waals surface area contributed by atoms with Crippen molar-refractivity contribution in [3.8, 4) is 11.5 Å². The molecule has 1 heterocycles. The Kier molecular flexibility index (Phi) is 5.92. The first-order valence-electron chi connectivity index (χ1n) is 11.6. The van der Waals surface area contributed by atoms with Gasteiger partial charge in [-0.15, -0.1) is 0 Å². The molecule has 1 aliphatic heterocycles. The molecule has 9 nitrogen and oxygen atoms in total. The van der Waals surface area contributed by atoms with E-state index in [4.69, 9.17) is 14.2 Å². The quantitative estimate of drug-likeness (QED) is 0.481. The number of esters is 1. The van der Waals surface area contributed by atoms with Crippen molar-refractivity contribution in [3.05, 3.63) is 48.0 Å². The molecule has 0 unspecified atom stereocenters. The van der Waals surface area contributed by atoms with Gasteiger partial charge in [-0.05, 0) is 61.4 Å². The predicted molar refractivity (Wildman–Crippen MR) is 125 cm³/mol. The summed E-state index contributed by atoms with van der Waals surface area (Å²) in [5.41, 5.74) is 0.879. The molecule has 182 valence electrons. The summed E-state index contributed by atoms with van der Waals surface area (Å²) < 4.78 is 15.6. The van der Waals surface area contributed by atoms with Gasteiger partial charge in [-0.25, -0.2) is 4.79 Å². The highest BCUT2D eigenvalue weighted by molar-refractivity contribution is 6.22. The first kappa shape index (κ1) is 22.9. The van der Waals surface area contributed by atoms with Gasteiger partial charge in [-0.1, -0.05) is 6.07 Å². The average Bonchev–Trinajstić information content (AvgIpc) is 3.56. The Bertz CT molecular complexity index is 1180. The van der Waals surface area contributed by atoms with Crippen molar-refractivity contribution in [1.82, 2.24) is 0 Å². The van der Waals surface area contributed by atoms with Gasteiger partial charge < -0.3 is 19.5 Å². The Morgan fingerprint density at radius 3 is 2.34 bits per heavy atom. The van der Waals surface area contributed by atoms with Crippen molar-refractivity contribution in [1.29, 1.82) is 0 Å². The van der Waals surface area contributed by atoms with Crippen LogP contribution in [0.25, 0.3) is 0 Å². The fourth-order valence-corrected chi connectivity index (χ4v) is 5.75. The number of anilines is 2. The van der Waals surface area contributed by atoms with Crippen LogP contribution in [0.3, 0.4) is 0 Å². The van der Waals surface area contributed by atoms with Gasteiger partial charge in [0.25, 0.3) is 5.91 Å². The molecule has 3 aliphatic rings. The zero-order chi connectivity index (χ0) is 24.7. The molecule has 1 N–H and O–H groups in total. The Morgan fingerprint density at radius 2 is 1.69 bits per heavy atom. The summed E-state index contributed by atoms with van der Waals surface area (Å²) >= 11 is 0. The molecule has 2 aromatic rings. The number of fused-ring (bicyclic) bond motifs is 5. The van der Waals surface area contributed by atoms with Crippen molar-refractivity contribution < 1.29 is 33.4 Å². The first-order chi connectivity index (χ1) is 16.9. The smallest absolute Gasteiger partial charge is 0.338 e. The van der Waals surface area contributed by atoms with Gasteiger partial charge in [-0.2, -0.15) is 0 Å². The number of rotatable bonds is 7. The van der Waals surface area contributed by atoms with Crippen LogP contribution in [0.1, 0.15) is 29.6 Å². The molecule has 0 radical (unpaired) electrons. The van der Waals surface area contributed by atoms with E-state index in [0.29, 0.717) is 22.9 Å². The molecular formula is C26H26N2O7. The van der Waals surface area contributed by atoms with E-state index in [0.717, 1.165) is 19.3 Å². The lowest BCUT2D eigenvalue weighted by Gasteiger charge is -2.19. The molecule has 2 bridgehead atoms. The lowest BCUT2D eigenvalue weighted by atomic mass is 9.81. The average molecular weight is 479 g/mol. The monoisotopic (exact) mass is 478 g/mol. The Hall–Kier alpha value is -3.88. The number of carbonyl (C=O) groups excluding carboxylic acids is 4. The number of ether oxygens (including phenoxy) is 3.